The van der Waals surface area contributed by atoms with Crippen molar-refractivity contribution in [3.05, 3.63) is 36.4 Å². The van der Waals surface area contributed by atoms with E-state index in [1.54, 1.807) is 12.5 Å². The minimum atomic E-state index is 0.453. The largest absolute Gasteiger partial charge is 0.486 e. The average molecular weight is 231 g/mol. The van der Waals surface area contributed by atoms with E-state index in [2.05, 4.69) is 4.98 Å². The summed E-state index contributed by atoms with van der Waals surface area (Å²) in [5.74, 6) is 1.56. The van der Waals surface area contributed by atoms with Crippen molar-refractivity contribution in [3.63, 3.8) is 0 Å². The van der Waals surface area contributed by atoms with E-state index in [4.69, 9.17) is 15.2 Å². The van der Waals surface area contributed by atoms with Gasteiger partial charge < -0.3 is 19.8 Å². The van der Waals surface area contributed by atoms with E-state index in [9.17, 15) is 0 Å². The van der Waals surface area contributed by atoms with Crippen LogP contribution in [0.4, 0.5) is 0 Å². The number of fused-ring (bicyclic) bond motifs is 1. The molecule has 0 saturated carbocycles. The van der Waals surface area contributed by atoms with Crippen molar-refractivity contribution < 1.29 is 9.47 Å². The standard InChI is InChI=1S/C12H13N3O2/c13-6-10-7-14-8-15(10)9-1-2-11-12(5-9)17-4-3-16-11/h1-2,5,7-8H,3-4,6,13H2. The van der Waals surface area contributed by atoms with Gasteiger partial charge in [0.1, 0.15) is 13.2 Å². The molecule has 0 unspecified atom stereocenters. The molecule has 0 amide bonds. The van der Waals surface area contributed by atoms with Crippen molar-refractivity contribution in [2.24, 2.45) is 5.73 Å². The fourth-order valence-corrected chi connectivity index (χ4v) is 1.89. The van der Waals surface area contributed by atoms with Crippen LogP contribution in [0.5, 0.6) is 11.5 Å². The Hall–Kier alpha value is -2.01. The van der Waals surface area contributed by atoms with Gasteiger partial charge in [0, 0.05) is 18.8 Å². The zero-order valence-electron chi connectivity index (χ0n) is 9.30. The normalized spacial score (nSPS) is 13.7. The molecule has 1 aromatic heterocycles. The molecule has 0 fully saturated rings. The highest BCUT2D eigenvalue weighted by molar-refractivity contribution is 5.50. The van der Waals surface area contributed by atoms with E-state index in [1.165, 1.54) is 0 Å². The van der Waals surface area contributed by atoms with Gasteiger partial charge >= 0.3 is 0 Å². The maximum Gasteiger partial charge on any atom is 0.163 e. The van der Waals surface area contributed by atoms with E-state index < -0.39 is 0 Å². The Morgan fingerprint density at radius 1 is 1.24 bits per heavy atom. The second-order valence-electron chi connectivity index (χ2n) is 3.79. The predicted octanol–water partition coefficient (Wildman–Crippen LogP) is 1.10. The van der Waals surface area contributed by atoms with Gasteiger partial charge in [0.15, 0.2) is 11.5 Å². The smallest absolute Gasteiger partial charge is 0.163 e. The number of benzene rings is 1. The molecule has 2 aromatic rings. The number of rotatable bonds is 2. The highest BCUT2D eigenvalue weighted by Crippen LogP contribution is 2.32. The number of nitrogens with zero attached hydrogens (tertiary/aromatic N) is 2. The number of aromatic nitrogens is 2. The first-order valence-corrected chi connectivity index (χ1v) is 5.50. The molecule has 1 aliphatic heterocycles. The minimum absolute atomic E-state index is 0.453. The molecule has 1 aromatic carbocycles. The van der Waals surface area contributed by atoms with Gasteiger partial charge in [0.25, 0.3) is 0 Å². The molecule has 0 aliphatic carbocycles. The summed E-state index contributed by atoms with van der Waals surface area (Å²) in [5.41, 5.74) is 7.59. The van der Waals surface area contributed by atoms with Crippen LogP contribution < -0.4 is 15.2 Å². The molecular weight excluding hydrogens is 218 g/mol. The Balaban J connectivity index is 2.04. The third-order valence-corrected chi connectivity index (χ3v) is 2.73. The summed E-state index contributed by atoms with van der Waals surface area (Å²) in [5, 5.41) is 0. The highest BCUT2D eigenvalue weighted by Gasteiger charge is 2.13. The molecule has 3 rings (SSSR count). The lowest BCUT2D eigenvalue weighted by atomic mass is 10.2. The van der Waals surface area contributed by atoms with Gasteiger partial charge in [0.2, 0.25) is 0 Å². The number of nitrogens with two attached hydrogens (primary N) is 1. The molecule has 2 N–H and O–H groups in total. The SMILES string of the molecule is NCc1cncn1-c1ccc2c(c1)OCCO2. The zero-order valence-corrected chi connectivity index (χ0v) is 9.30. The van der Waals surface area contributed by atoms with Crippen LogP contribution in [0.25, 0.3) is 5.69 Å². The maximum absolute atomic E-state index is 5.65. The molecule has 88 valence electrons. The first kappa shape index (κ1) is 10.2. The van der Waals surface area contributed by atoms with Gasteiger partial charge in [0.05, 0.1) is 17.7 Å². The molecule has 0 radical (unpaired) electrons. The Labute approximate surface area is 98.8 Å². The van der Waals surface area contributed by atoms with Crippen molar-refractivity contribution in [2.75, 3.05) is 13.2 Å². The monoisotopic (exact) mass is 231 g/mol. The maximum atomic E-state index is 5.65. The van der Waals surface area contributed by atoms with Gasteiger partial charge in [-0.15, -0.1) is 0 Å². The topological polar surface area (TPSA) is 62.3 Å². The van der Waals surface area contributed by atoms with Crippen LogP contribution in [0.15, 0.2) is 30.7 Å². The first-order chi connectivity index (χ1) is 8.38. The van der Waals surface area contributed by atoms with Gasteiger partial charge in [-0.3, -0.25) is 0 Å². The Bertz CT molecular complexity index is 536. The summed E-state index contributed by atoms with van der Waals surface area (Å²) in [4.78, 5) is 4.09. The molecule has 0 saturated heterocycles. The fourth-order valence-electron chi connectivity index (χ4n) is 1.89. The quantitative estimate of drug-likeness (QED) is 0.840. The summed E-state index contributed by atoms with van der Waals surface area (Å²) in [6, 6.07) is 5.81. The third kappa shape index (κ3) is 1.74. The van der Waals surface area contributed by atoms with Gasteiger partial charge in [-0.05, 0) is 12.1 Å². The zero-order chi connectivity index (χ0) is 11.7. The van der Waals surface area contributed by atoms with E-state index in [-0.39, 0.29) is 0 Å². The van der Waals surface area contributed by atoms with Crippen molar-refractivity contribution in [3.8, 4) is 17.2 Å². The summed E-state index contributed by atoms with van der Waals surface area (Å²) in [6.07, 6.45) is 3.50. The van der Waals surface area contributed by atoms with Crippen LogP contribution in [0.1, 0.15) is 5.69 Å². The summed E-state index contributed by atoms with van der Waals surface area (Å²) >= 11 is 0. The van der Waals surface area contributed by atoms with Crippen molar-refractivity contribution in [2.45, 2.75) is 6.54 Å². The number of hydrogen-bond donors (Lipinski definition) is 1. The van der Waals surface area contributed by atoms with E-state index in [0.29, 0.717) is 19.8 Å². The van der Waals surface area contributed by atoms with Crippen molar-refractivity contribution >= 4 is 0 Å². The third-order valence-electron chi connectivity index (χ3n) is 2.73. The molecule has 5 nitrogen and oxygen atoms in total. The molecular formula is C12H13N3O2. The molecule has 1 aliphatic rings. The van der Waals surface area contributed by atoms with Crippen LogP contribution in [0.3, 0.4) is 0 Å². The summed E-state index contributed by atoms with van der Waals surface area (Å²) in [7, 11) is 0. The Morgan fingerprint density at radius 2 is 2.06 bits per heavy atom. The molecule has 0 spiro atoms. The van der Waals surface area contributed by atoms with Gasteiger partial charge in [-0.2, -0.15) is 0 Å². The van der Waals surface area contributed by atoms with Crippen molar-refractivity contribution in [1.82, 2.24) is 9.55 Å². The molecule has 0 atom stereocenters. The van der Waals surface area contributed by atoms with Gasteiger partial charge in [-0.1, -0.05) is 0 Å². The average Bonchev–Trinajstić information content (AvgIpc) is 2.86. The number of hydrogen-bond acceptors (Lipinski definition) is 4. The number of imidazole rings is 1. The molecule has 17 heavy (non-hydrogen) atoms. The Morgan fingerprint density at radius 3 is 2.88 bits per heavy atom. The first-order valence-electron chi connectivity index (χ1n) is 5.50. The second-order valence-corrected chi connectivity index (χ2v) is 3.79. The van der Waals surface area contributed by atoms with E-state index in [0.717, 1.165) is 22.9 Å². The van der Waals surface area contributed by atoms with Crippen LogP contribution in [0.2, 0.25) is 0 Å². The van der Waals surface area contributed by atoms with Crippen molar-refractivity contribution in [1.29, 1.82) is 0 Å². The Kier molecular flexibility index (Phi) is 2.45. The fraction of sp³-hybridized carbons (Fsp3) is 0.250. The lowest BCUT2D eigenvalue weighted by Gasteiger charge is -2.19. The summed E-state index contributed by atoms with van der Waals surface area (Å²) in [6.45, 7) is 1.64. The van der Waals surface area contributed by atoms with Crippen LogP contribution in [-0.4, -0.2) is 22.8 Å². The minimum Gasteiger partial charge on any atom is -0.486 e. The molecule has 0 bridgehead atoms. The van der Waals surface area contributed by atoms with Gasteiger partial charge in [-0.25, -0.2) is 4.98 Å². The lowest BCUT2D eigenvalue weighted by molar-refractivity contribution is 0.171. The summed E-state index contributed by atoms with van der Waals surface area (Å²) < 4.78 is 13.0. The highest BCUT2D eigenvalue weighted by atomic mass is 16.6. The van der Waals surface area contributed by atoms with Crippen LogP contribution in [0, 0.1) is 0 Å². The number of ether oxygens (including phenoxy) is 2. The van der Waals surface area contributed by atoms with E-state index >= 15 is 0 Å². The molecule has 2 heterocycles. The second kappa shape index (κ2) is 4.10. The lowest BCUT2D eigenvalue weighted by Crippen LogP contribution is -2.15. The predicted molar refractivity (Wildman–Crippen MR) is 62.4 cm³/mol. The van der Waals surface area contributed by atoms with Crippen LogP contribution in [-0.2, 0) is 6.54 Å². The molecule has 5 heteroatoms. The van der Waals surface area contributed by atoms with Crippen LogP contribution >= 0.6 is 0 Å². The van der Waals surface area contributed by atoms with E-state index in [1.807, 2.05) is 22.8 Å².